The molecule has 5 heteroatoms. The van der Waals surface area contributed by atoms with Crippen LogP contribution in [0.2, 0.25) is 0 Å². The molecule has 0 radical (unpaired) electrons. The molecule has 0 saturated carbocycles. The fourth-order valence-corrected chi connectivity index (χ4v) is 2.94. The normalized spacial score (nSPS) is 11.9. The summed E-state index contributed by atoms with van der Waals surface area (Å²) >= 11 is 0. The molecule has 0 aliphatic rings. The van der Waals surface area contributed by atoms with Gasteiger partial charge in [-0.1, -0.05) is 30.3 Å². The van der Waals surface area contributed by atoms with E-state index in [9.17, 15) is 9.59 Å². The number of para-hydroxylation sites is 1. The quantitative estimate of drug-likeness (QED) is 0.717. The molecule has 0 spiro atoms. The number of H-pyrrole nitrogens is 1. The van der Waals surface area contributed by atoms with Crippen molar-refractivity contribution in [3.05, 3.63) is 76.1 Å². The monoisotopic (exact) mass is 350 g/mol. The zero-order chi connectivity index (χ0) is 18.5. The Hall–Kier alpha value is -3.08. The molecule has 1 heterocycles. The van der Waals surface area contributed by atoms with Crippen molar-refractivity contribution < 1.29 is 9.53 Å². The number of carbonyl (C=O) groups is 1. The predicted octanol–water partition coefficient (Wildman–Crippen LogP) is 3.29. The van der Waals surface area contributed by atoms with Gasteiger partial charge in [0.05, 0.1) is 12.7 Å². The van der Waals surface area contributed by atoms with Crippen LogP contribution in [0.25, 0.3) is 10.9 Å². The zero-order valence-corrected chi connectivity index (χ0v) is 14.9. The Bertz CT molecular complexity index is 961. The molecule has 26 heavy (non-hydrogen) atoms. The van der Waals surface area contributed by atoms with Gasteiger partial charge >= 0.3 is 0 Å². The number of ether oxygens (including phenoxy) is 1. The van der Waals surface area contributed by atoms with Crippen molar-refractivity contribution in [3.63, 3.8) is 0 Å². The van der Waals surface area contributed by atoms with Crippen LogP contribution in [0.4, 0.5) is 0 Å². The third-order valence-electron chi connectivity index (χ3n) is 4.40. The molecule has 2 N–H and O–H groups in total. The van der Waals surface area contributed by atoms with E-state index in [1.807, 2.05) is 49.4 Å². The molecule has 0 aliphatic heterocycles. The minimum absolute atomic E-state index is 0.0114. The van der Waals surface area contributed by atoms with Gasteiger partial charge in [0, 0.05) is 23.0 Å². The molecule has 0 aliphatic carbocycles. The van der Waals surface area contributed by atoms with Gasteiger partial charge < -0.3 is 15.0 Å². The topological polar surface area (TPSA) is 71.2 Å². The van der Waals surface area contributed by atoms with E-state index >= 15 is 0 Å². The maximum absolute atomic E-state index is 12.6. The van der Waals surface area contributed by atoms with Crippen LogP contribution >= 0.6 is 0 Å². The summed E-state index contributed by atoms with van der Waals surface area (Å²) in [6.45, 7) is 1.97. The van der Waals surface area contributed by atoms with Crippen LogP contribution in [0.1, 0.15) is 29.3 Å². The Kier molecular flexibility index (Phi) is 5.37. The first-order valence-electron chi connectivity index (χ1n) is 8.62. The number of fused-ring (bicyclic) bond motifs is 1. The van der Waals surface area contributed by atoms with E-state index in [2.05, 4.69) is 10.3 Å². The summed E-state index contributed by atoms with van der Waals surface area (Å²) in [6, 6.07) is 16.6. The highest BCUT2D eigenvalue weighted by Gasteiger charge is 2.14. The number of aryl methyl sites for hydroxylation is 1. The van der Waals surface area contributed by atoms with Crippen LogP contribution < -0.4 is 15.6 Å². The number of pyridine rings is 1. The van der Waals surface area contributed by atoms with Gasteiger partial charge in [0.25, 0.3) is 5.91 Å². The largest absolute Gasteiger partial charge is 0.497 e. The van der Waals surface area contributed by atoms with Gasteiger partial charge in [-0.3, -0.25) is 9.59 Å². The fraction of sp³-hybridized carbons (Fsp3) is 0.238. The lowest BCUT2D eigenvalue weighted by molar-refractivity contribution is 0.0940. The average Bonchev–Trinajstić information content (AvgIpc) is 2.66. The highest BCUT2D eigenvalue weighted by molar-refractivity contribution is 6.06. The second kappa shape index (κ2) is 7.87. The lowest BCUT2D eigenvalue weighted by Crippen LogP contribution is -2.33. The molecule has 134 valence electrons. The second-order valence-corrected chi connectivity index (χ2v) is 6.35. The van der Waals surface area contributed by atoms with Crippen molar-refractivity contribution in [2.75, 3.05) is 7.11 Å². The molecule has 0 saturated heterocycles. The maximum Gasteiger partial charge on any atom is 0.252 e. The number of amides is 1. The summed E-state index contributed by atoms with van der Waals surface area (Å²) in [7, 11) is 1.64. The molecule has 1 aromatic heterocycles. The van der Waals surface area contributed by atoms with Gasteiger partial charge in [0.15, 0.2) is 0 Å². The van der Waals surface area contributed by atoms with Crippen molar-refractivity contribution >= 4 is 16.8 Å². The first-order valence-corrected chi connectivity index (χ1v) is 8.62. The summed E-state index contributed by atoms with van der Waals surface area (Å²) in [5, 5.41) is 3.73. The minimum Gasteiger partial charge on any atom is -0.497 e. The Morgan fingerprint density at radius 3 is 2.62 bits per heavy atom. The molecule has 2 aromatic carbocycles. The Labute approximate surface area is 152 Å². The van der Waals surface area contributed by atoms with Gasteiger partial charge in [0.2, 0.25) is 5.56 Å². The molecular formula is C21H22N2O3. The second-order valence-electron chi connectivity index (χ2n) is 6.35. The van der Waals surface area contributed by atoms with Crippen molar-refractivity contribution in [2.24, 2.45) is 0 Å². The molecule has 1 unspecified atom stereocenters. The number of hydrogen-bond donors (Lipinski definition) is 2. The standard InChI is InChI=1S/C21H22N2O3/c1-14(7-8-15-9-11-16(26-2)12-10-15)22-21(25)18-13-20(24)23-19-6-4-3-5-17(18)19/h3-6,9-14H,7-8H2,1-2H3,(H,22,25)(H,23,24). The molecule has 0 fully saturated rings. The fourth-order valence-electron chi connectivity index (χ4n) is 2.94. The Morgan fingerprint density at radius 1 is 1.15 bits per heavy atom. The van der Waals surface area contributed by atoms with Gasteiger partial charge in [-0.25, -0.2) is 0 Å². The SMILES string of the molecule is COc1ccc(CCC(C)NC(=O)c2cc(=O)[nH]c3ccccc23)cc1. The van der Waals surface area contributed by atoms with E-state index in [0.29, 0.717) is 11.1 Å². The van der Waals surface area contributed by atoms with E-state index in [1.165, 1.54) is 11.6 Å². The number of carbonyl (C=O) groups excluding carboxylic acids is 1. The van der Waals surface area contributed by atoms with Crippen molar-refractivity contribution in [3.8, 4) is 5.75 Å². The lowest BCUT2D eigenvalue weighted by atomic mass is 10.0. The molecule has 3 aromatic rings. The average molecular weight is 350 g/mol. The Morgan fingerprint density at radius 2 is 1.88 bits per heavy atom. The van der Waals surface area contributed by atoms with Crippen LogP contribution in [0.3, 0.4) is 0 Å². The smallest absolute Gasteiger partial charge is 0.252 e. The number of nitrogens with one attached hydrogen (secondary N) is 2. The summed E-state index contributed by atoms with van der Waals surface area (Å²) in [4.78, 5) is 27.2. The molecular weight excluding hydrogens is 328 g/mol. The van der Waals surface area contributed by atoms with E-state index in [4.69, 9.17) is 4.74 Å². The minimum atomic E-state index is -0.278. The van der Waals surface area contributed by atoms with E-state index in [-0.39, 0.29) is 17.5 Å². The van der Waals surface area contributed by atoms with Crippen LogP contribution in [-0.2, 0) is 6.42 Å². The Balaban J connectivity index is 1.66. The maximum atomic E-state index is 12.6. The lowest BCUT2D eigenvalue weighted by Gasteiger charge is -2.15. The molecule has 1 atom stereocenters. The highest BCUT2D eigenvalue weighted by Crippen LogP contribution is 2.16. The summed E-state index contributed by atoms with van der Waals surface area (Å²) in [5.74, 6) is 0.603. The van der Waals surface area contributed by atoms with Gasteiger partial charge in [-0.2, -0.15) is 0 Å². The summed E-state index contributed by atoms with van der Waals surface area (Å²) in [5.41, 5.74) is 1.98. The van der Waals surface area contributed by atoms with Gasteiger partial charge in [0.1, 0.15) is 5.75 Å². The predicted molar refractivity (Wildman–Crippen MR) is 103 cm³/mol. The summed E-state index contributed by atoms with van der Waals surface area (Å²) < 4.78 is 5.16. The number of rotatable bonds is 6. The number of hydrogen-bond acceptors (Lipinski definition) is 3. The molecule has 5 nitrogen and oxygen atoms in total. The van der Waals surface area contributed by atoms with E-state index in [0.717, 1.165) is 24.0 Å². The molecule has 3 rings (SSSR count). The van der Waals surface area contributed by atoms with Crippen molar-refractivity contribution in [1.29, 1.82) is 0 Å². The van der Waals surface area contributed by atoms with E-state index < -0.39 is 0 Å². The summed E-state index contributed by atoms with van der Waals surface area (Å²) in [6.07, 6.45) is 1.65. The zero-order valence-electron chi connectivity index (χ0n) is 14.9. The van der Waals surface area contributed by atoms with Gasteiger partial charge in [-0.05, 0) is 43.5 Å². The first kappa shape index (κ1) is 17.7. The highest BCUT2D eigenvalue weighted by atomic mass is 16.5. The van der Waals surface area contributed by atoms with E-state index in [1.54, 1.807) is 13.2 Å². The number of aromatic amines is 1. The van der Waals surface area contributed by atoms with Crippen molar-refractivity contribution in [2.45, 2.75) is 25.8 Å². The first-order chi connectivity index (χ1) is 12.6. The van der Waals surface area contributed by atoms with Gasteiger partial charge in [-0.15, -0.1) is 0 Å². The third kappa shape index (κ3) is 4.11. The number of aromatic nitrogens is 1. The molecule has 0 bridgehead atoms. The number of methoxy groups -OCH3 is 1. The molecule has 1 amide bonds. The van der Waals surface area contributed by atoms with Crippen LogP contribution in [0, 0.1) is 0 Å². The van der Waals surface area contributed by atoms with Crippen LogP contribution in [0.15, 0.2) is 59.4 Å². The third-order valence-corrected chi connectivity index (χ3v) is 4.40. The van der Waals surface area contributed by atoms with Crippen molar-refractivity contribution in [1.82, 2.24) is 10.3 Å². The van der Waals surface area contributed by atoms with Crippen LogP contribution in [0.5, 0.6) is 5.75 Å². The number of benzene rings is 2. The van der Waals surface area contributed by atoms with Crippen LogP contribution in [-0.4, -0.2) is 24.0 Å².